The summed E-state index contributed by atoms with van der Waals surface area (Å²) in [6, 6.07) is 5.84. The highest BCUT2D eigenvalue weighted by Gasteiger charge is 2.01. The fourth-order valence-electron chi connectivity index (χ4n) is 1.01. The van der Waals surface area contributed by atoms with Crippen LogP contribution in [0.2, 0.25) is 0 Å². The first-order valence-electron chi connectivity index (χ1n) is 3.92. The van der Waals surface area contributed by atoms with E-state index in [1.54, 1.807) is 12.1 Å². The Hall–Kier alpha value is -1.62. The van der Waals surface area contributed by atoms with Crippen molar-refractivity contribution in [2.24, 2.45) is 0 Å². The van der Waals surface area contributed by atoms with Gasteiger partial charge in [0, 0.05) is 6.42 Å². The molecular weight excluding hydrogens is 167 g/mol. The fourth-order valence-corrected chi connectivity index (χ4v) is 1.01. The van der Waals surface area contributed by atoms with Crippen LogP contribution >= 0.6 is 0 Å². The van der Waals surface area contributed by atoms with Gasteiger partial charge < -0.3 is 0 Å². The number of hydrogen-bond donors (Lipinski definition) is 0. The summed E-state index contributed by atoms with van der Waals surface area (Å²) in [6.45, 7) is 0. The van der Waals surface area contributed by atoms with E-state index in [4.69, 9.17) is 6.42 Å². The van der Waals surface area contributed by atoms with Crippen molar-refractivity contribution < 1.29 is 9.18 Å². The van der Waals surface area contributed by atoms with Crippen molar-refractivity contribution >= 4 is 5.78 Å². The Balaban J connectivity index is 2.60. The van der Waals surface area contributed by atoms with E-state index >= 15 is 0 Å². The highest BCUT2D eigenvalue weighted by Crippen LogP contribution is 2.04. The van der Waals surface area contributed by atoms with Crippen molar-refractivity contribution in [1.29, 1.82) is 0 Å². The molecule has 0 aliphatic rings. The Morgan fingerprint density at radius 1 is 1.38 bits per heavy atom. The van der Waals surface area contributed by atoms with Gasteiger partial charge in [-0.05, 0) is 17.7 Å². The number of carbonyl (C=O) groups excluding carboxylic acids is 1. The van der Waals surface area contributed by atoms with Gasteiger partial charge in [0.1, 0.15) is 11.6 Å². The molecule has 0 saturated heterocycles. The second kappa shape index (κ2) is 4.42. The van der Waals surface area contributed by atoms with E-state index in [0.717, 1.165) is 5.56 Å². The maximum Gasteiger partial charge on any atom is 0.149 e. The lowest BCUT2D eigenvalue weighted by molar-refractivity contribution is -0.117. The van der Waals surface area contributed by atoms with E-state index < -0.39 is 0 Å². The van der Waals surface area contributed by atoms with Gasteiger partial charge in [0.15, 0.2) is 0 Å². The first-order valence-corrected chi connectivity index (χ1v) is 3.92. The number of hydrogen-bond acceptors (Lipinski definition) is 1. The van der Waals surface area contributed by atoms with Crippen molar-refractivity contribution in [1.82, 2.24) is 0 Å². The summed E-state index contributed by atoms with van der Waals surface area (Å²) in [7, 11) is 0. The third-order valence-corrected chi connectivity index (χ3v) is 1.61. The molecule has 0 bridgehead atoms. The lowest BCUT2D eigenvalue weighted by Crippen LogP contribution is -2.00. The minimum absolute atomic E-state index is 0.0193. The number of halogens is 1. The zero-order valence-electron chi connectivity index (χ0n) is 7.09. The molecule has 0 fully saturated rings. The maximum atomic E-state index is 12.5. The number of benzene rings is 1. The summed E-state index contributed by atoms with van der Waals surface area (Å²) in [6.07, 6.45) is 5.39. The predicted octanol–water partition coefficient (Wildman–Crippen LogP) is 1.96. The van der Waals surface area contributed by atoms with Crippen molar-refractivity contribution in [3.8, 4) is 12.3 Å². The SMILES string of the molecule is C#CCC(=O)Cc1ccc(F)cc1. The molecule has 0 spiro atoms. The summed E-state index contributed by atoms with van der Waals surface area (Å²) in [5, 5.41) is 0. The fraction of sp³-hybridized carbons (Fsp3) is 0.182. The number of rotatable bonds is 3. The van der Waals surface area contributed by atoms with Crippen molar-refractivity contribution in [2.75, 3.05) is 0 Å². The van der Waals surface area contributed by atoms with E-state index in [2.05, 4.69) is 5.92 Å². The number of Topliss-reactive ketones (excluding diaryl/α,β-unsaturated/α-hetero) is 1. The summed E-state index contributed by atoms with van der Waals surface area (Å²) < 4.78 is 12.5. The van der Waals surface area contributed by atoms with Crippen LogP contribution in [-0.4, -0.2) is 5.78 Å². The van der Waals surface area contributed by atoms with Crippen LogP contribution in [0.3, 0.4) is 0 Å². The highest BCUT2D eigenvalue weighted by molar-refractivity contribution is 5.82. The molecule has 0 amide bonds. The van der Waals surface area contributed by atoms with Crippen molar-refractivity contribution in [3.05, 3.63) is 35.6 Å². The van der Waals surface area contributed by atoms with Gasteiger partial charge in [-0.25, -0.2) is 4.39 Å². The molecule has 0 unspecified atom stereocenters. The molecule has 1 rings (SSSR count). The minimum atomic E-state index is -0.298. The van der Waals surface area contributed by atoms with Crippen LogP contribution in [0.1, 0.15) is 12.0 Å². The Labute approximate surface area is 76.6 Å². The number of ketones is 1. The minimum Gasteiger partial charge on any atom is -0.298 e. The lowest BCUT2D eigenvalue weighted by Gasteiger charge is -1.97. The molecule has 66 valence electrons. The predicted molar refractivity (Wildman–Crippen MR) is 48.6 cm³/mol. The monoisotopic (exact) mass is 176 g/mol. The largest absolute Gasteiger partial charge is 0.298 e. The van der Waals surface area contributed by atoms with Gasteiger partial charge in [0.2, 0.25) is 0 Å². The quantitative estimate of drug-likeness (QED) is 0.643. The van der Waals surface area contributed by atoms with Crippen LogP contribution in [-0.2, 0) is 11.2 Å². The highest BCUT2D eigenvalue weighted by atomic mass is 19.1. The van der Waals surface area contributed by atoms with Crippen LogP contribution < -0.4 is 0 Å². The summed E-state index contributed by atoms with van der Waals surface area (Å²) in [4.78, 5) is 11.1. The molecule has 2 heteroatoms. The zero-order chi connectivity index (χ0) is 9.68. The molecule has 1 aromatic carbocycles. The number of carbonyl (C=O) groups is 1. The summed E-state index contributed by atoms with van der Waals surface area (Å²) in [5.74, 6) is 1.96. The van der Waals surface area contributed by atoms with Crippen molar-refractivity contribution in [2.45, 2.75) is 12.8 Å². The smallest absolute Gasteiger partial charge is 0.149 e. The second-order valence-electron chi connectivity index (χ2n) is 2.72. The molecule has 0 N–H and O–H groups in total. The van der Waals surface area contributed by atoms with E-state index in [1.807, 2.05) is 0 Å². The summed E-state index contributed by atoms with van der Waals surface area (Å²) in [5.41, 5.74) is 0.793. The molecular formula is C11H9FO. The van der Waals surface area contributed by atoms with Gasteiger partial charge in [-0.2, -0.15) is 0 Å². The third kappa shape index (κ3) is 3.08. The topological polar surface area (TPSA) is 17.1 Å². The first kappa shape index (κ1) is 9.47. The van der Waals surface area contributed by atoms with Crippen LogP contribution in [0.4, 0.5) is 4.39 Å². The summed E-state index contributed by atoms with van der Waals surface area (Å²) >= 11 is 0. The standard InChI is InChI=1S/C11H9FO/c1-2-3-11(13)8-9-4-6-10(12)7-5-9/h1,4-7H,3,8H2. The Bertz CT molecular complexity index is 332. The second-order valence-corrected chi connectivity index (χ2v) is 2.72. The molecule has 0 aromatic heterocycles. The Kier molecular flexibility index (Phi) is 3.22. The lowest BCUT2D eigenvalue weighted by atomic mass is 10.1. The van der Waals surface area contributed by atoms with Crippen LogP contribution in [0.5, 0.6) is 0 Å². The Morgan fingerprint density at radius 2 is 2.00 bits per heavy atom. The number of terminal acetylenes is 1. The van der Waals surface area contributed by atoms with Gasteiger partial charge in [0.05, 0.1) is 6.42 Å². The van der Waals surface area contributed by atoms with Gasteiger partial charge in [0.25, 0.3) is 0 Å². The average molecular weight is 176 g/mol. The van der Waals surface area contributed by atoms with E-state index in [-0.39, 0.29) is 24.4 Å². The average Bonchev–Trinajstić information content (AvgIpc) is 2.09. The maximum absolute atomic E-state index is 12.5. The molecule has 0 aliphatic carbocycles. The molecule has 0 heterocycles. The van der Waals surface area contributed by atoms with Gasteiger partial charge in [-0.1, -0.05) is 18.1 Å². The normalized spacial score (nSPS) is 9.23. The molecule has 0 aliphatic heterocycles. The molecule has 13 heavy (non-hydrogen) atoms. The van der Waals surface area contributed by atoms with E-state index in [9.17, 15) is 9.18 Å². The van der Waals surface area contributed by atoms with Gasteiger partial charge in [-0.15, -0.1) is 6.42 Å². The molecule has 0 saturated carbocycles. The van der Waals surface area contributed by atoms with Gasteiger partial charge in [-0.3, -0.25) is 4.79 Å². The third-order valence-electron chi connectivity index (χ3n) is 1.61. The zero-order valence-corrected chi connectivity index (χ0v) is 7.09. The van der Waals surface area contributed by atoms with E-state index in [1.165, 1.54) is 12.1 Å². The van der Waals surface area contributed by atoms with Crippen molar-refractivity contribution in [3.63, 3.8) is 0 Å². The molecule has 0 radical (unpaired) electrons. The van der Waals surface area contributed by atoms with Gasteiger partial charge >= 0.3 is 0 Å². The van der Waals surface area contributed by atoms with E-state index in [0.29, 0.717) is 0 Å². The molecule has 1 aromatic rings. The Morgan fingerprint density at radius 3 is 2.54 bits per heavy atom. The first-order chi connectivity index (χ1) is 6.22. The van der Waals surface area contributed by atoms with Crippen LogP contribution in [0.15, 0.2) is 24.3 Å². The van der Waals surface area contributed by atoms with Crippen LogP contribution in [0, 0.1) is 18.2 Å². The molecule has 0 atom stereocenters. The van der Waals surface area contributed by atoms with Crippen LogP contribution in [0.25, 0.3) is 0 Å². The molecule has 1 nitrogen and oxygen atoms in total.